The molecule has 60 heavy (non-hydrogen) atoms. The molecule has 12 rings (SSSR count). The third-order valence-corrected chi connectivity index (χ3v) is 12.2. The first-order chi connectivity index (χ1) is 29.8. The normalized spacial score (nSPS) is 13.8. The Labute approximate surface area is 349 Å². The number of hydrogen-bond acceptors (Lipinski definition) is 4. The van der Waals surface area contributed by atoms with E-state index in [2.05, 4.69) is 221 Å². The zero-order chi connectivity index (χ0) is 39.6. The molecule has 0 saturated heterocycles. The largest absolute Gasteiger partial charge is 0.458 e. The maximum atomic E-state index is 7.35. The Morgan fingerprint density at radius 1 is 0.467 bits per heavy atom. The summed E-state index contributed by atoms with van der Waals surface area (Å²) in [6.45, 7) is -0.0543. The molecule has 0 bridgehead atoms. The molecule has 3 heterocycles. The van der Waals surface area contributed by atoms with Crippen LogP contribution >= 0.6 is 0 Å². The summed E-state index contributed by atoms with van der Waals surface area (Å²) in [6.07, 6.45) is 3.98. The number of para-hydroxylation sites is 6. The molecule has 0 saturated carbocycles. The molecule has 6 heteroatoms. The van der Waals surface area contributed by atoms with E-state index in [0.717, 1.165) is 103 Å². The van der Waals surface area contributed by atoms with Crippen LogP contribution in [0.5, 0.6) is 17.2 Å². The monoisotopic (exact) mass is 771 g/mol. The quantitative estimate of drug-likeness (QED) is 0.151. The summed E-state index contributed by atoms with van der Waals surface area (Å²) < 4.78 is 16.9. The molecule has 1 aliphatic carbocycles. The number of rotatable bonds is 7. The van der Waals surface area contributed by atoms with Gasteiger partial charge in [0, 0.05) is 62.8 Å². The minimum Gasteiger partial charge on any atom is -0.458 e. The van der Waals surface area contributed by atoms with Crippen molar-refractivity contribution in [2.75, 3.05) is 9.80 Å². The van der Waals surface area contributed by atoms with Gasteiger partial charge in [-0.15, -0.1) is 0 Å². The van der Waals surface area contributed by atoms with Crippen molar-refractivity contribution in [3.63, 3.8) is 0 Å². The van der Waals surface area contributed by atoms with Crippen LogP contribution in [0.2, 0.25) is 0 Å². The Kier molecular flexibility index (Phi) is 8.02. The molecule has 284 valence electrons. The molecule has 0 fully saturated rings. The molecule has 5 nitrogen and oxygen atoms in total. The first-order valence-corrected chi connectivity index (χ1v) is 20.7. The van der Waals surface area contributed by atoms with Gasteiger partial charge in [-0.2, -0.15) is 0 Å². The van der Waals surface area contributed by atoms with Crippen molar-refractivity contribution < 1.29 is 9.47 Å². The minimum absolute atomic E-state index is 0.0543. The van der Waals surface area contributed by atoms with Gasteiger partial charge in [0.15, 0.2) is 0 Å². The van der Waals surface area contributed by atoms with Crippen molar-refractivity contribution in [2.45, 2.75) is 12.8 Å². The topological polar surface area (TPSA) is 29.9 Å². The van der Waals surface area contributed by atoms with E-state index in [1.54, 1.807) is 0 Å². The summed E-state index contributed by atoms with van der Waals surface area (Å²) in [5.41, 5.74) is 13.4. The Balaban J connectivity index is 1.10. The van der Waals surface area contributed by atoms with Crippen molar-refractivity contribution in [2.24, 2.45) is 0 Å². The highest BCUT2D eigenvalue weighted by Gasteiger charge is 2.44. The second-order valence-electron chi connectivity index (χ2n) is 15.6. The maximum absolute atomic E-state index is 7.35. The number of allylic oxidation sites excluding steroid dienone is 3. The molecular formula is C54H38BN3O2. The molecule has 9 aromatic rings. The average Bonchev–Trinajstić information content (AvgIpc) is 3.65. The Bertz CT molecular complexity index is 3070. The van der Waals surface area contributed by atoms with Crippen LogP contribution in [0.4, 0.5) is 28.4 Å². The molecule has 0 radical (unpaired) electrons. The van der Waals surface area contributed by atoms with Gasteiger partial charge in [0.05, 0.1) is 16.4 Å². The minimum atomic E-state index is -0.0543. The van der Waals surface area contributed by atoms with Crippen molar-refractivity contribution in [1.82, 2.24) is 4.57 Å². The van der Waals surface area contributed by atoms with Crippen LogP contribution < -0.4 is 30.2 Å². The molecule has 2 aliphatic heterocycles. The lowest BCUT2D eigenvalue weighted by atomic mass is 9.33. The van der Waals surface area contributed by atoms with E-state index in [-0.39, 0.29) is 6.71 Å². The number of aromatic nitrogens is 1. The van der Waals surface area contributed by atoms with E-state index in [0.29, 0.717) is 0 Å². The van der Waals surface area contributed by atoms with Gasteiger partial charge in [0.2, 0.25) is 0 Å². The van der Waals surface area contributed by atoms with Gasteiger partial charge in [0.25, 0.3) is 6.71 Å². The van der Waals surface area contributed by atoms with Gasteiger partial charge in [-0.05, 0) is 103 Å². The summed E-state index contributed by atoms with van der Waals surface area (Å²) in [5.74, 6) is 3.46. The molecular weight excluding hydrogens is 733 g/mol. The number of hydrogen-bond donors (Lipinski definition) is 0. The highest BCUT2D eigenvalue weighted by atomic mass is 16.5. The highest BCUT2D eigenvalue weighted by molar-refractivity contribution is 6.93. The number of benzene rings is 8. The van der Waals surface area contributed by atoms with E-state index >= 15 is 0 Å². The average molecular weight is 772 g/mol. The van der Waals surface area contributed by atoms with Crippen LogP contribution in [-0.2, 0) is 0 Å². The van der Waals surface area contributed by atoms with Crippen LogP contribution in [-0.4, -0.2) is 11.3 Å². The van der Waals surface area contributed by atoms with E-state index in [1.807, 2.05) is 0 Å². The molecule has 3 aliphatic rings. The highest BCUT2D eigenvalue weighted by Crippen LogP contribution is 2.48. The summed E-state index contributed by atoms with van der Waals surface area (Å²) in [5, 5.41) is 2.24. The summed E-state index contributed by atoms with van der Waals surface area (Å²) >= 11 is 0. The van der Waals surface area contributed by atoms with Gasteiger partial charge >= 0.3 is 0 Å². The second kappa shape index (κ2) is 14.0. The predicted octanol–water partition coefficient (Wildman–Crippen LogP) is 12.7. The second-order valence-corrected chi connectivity index (χ2v) is 15.6. The smallest absolute Gasteiger partial charge is 0.256 e. The van der Waals surface area contributed by atoms with E-state index < -0.39 is 0 Å². The van der Waals surface area contributed by atoms with Crippen LogP contribution in [0.1, 0.15) is 12.8 Å². The standard InChI is InChI=1S/C54H38BN3O2/c1-6-18-37(19-7-1)56(38-20-8-2-9-21-38)42-30-32-45-49(34-42)59-51-36-48-52(44-28-16-17-29-47(44)58(48)41-26-14-5-15-27-41)54-53(51)55(45)46-33-31-43(35-50(46)60-54)57(39-22-10-3-11-23-39)40-24-12-4-13-25-40/h1-29,31,33-36H,30,32H2. The van der Waals surface area contributed by atoms with Crippen molar-refractivity contribution in [1.29, 1.82) is 0 Å². The molecule has 1 aromatic heterocycles. The third-order valence-electron chi connectivity index (χ3n) is 12.2. The molecule has 0 atom stereocenters. The fourth-order valence-electron chi connectivity index (χ4n) is 9.63. The third kappa shape index (κ3) is 5.49. The Morgan fingerprint density at radius 2 is 1.03 bits per heavy atom. The van der Waals surface area contributed by atoms with Crippen molar-refractivity contribution >= 4 is 67.9 Å². The number of anilines is 5. The maximum Gasteiger partial charge on any atom is 0.256 e. The molecule has 0 N–H and O–H groups in total. The fourth-order valence-corrected chi connectivity index (χ4v) is 9.63. The predicted molar refractivity (Wildman–Crippen MR) is 247 cm³/mol. The summed E-state index contributed by atoms with van der Waals surface area (Å²) in [6, 6.07) is 70.7. The Hall–Kier alpha value is -7.70. The first kappa shape index (κ1) is 34.4. The Morgan fingerprint density at radius 3 is 1.67 bits per heavy atom. The zero-order valence-electron chi connectivity index (χ0n) is 32.8. The van der Waals surface area contributed by atoms with Gasteiger partial charge in [-0.3, -0.25) is 0 Å². The lowest BCUT2D eigenvalue weighted by Gasteiger charge is -2.38. The van der Waals surface area contributed by atoms with Gasteiger partial charge in [0.1, 0.15) is 23.0 Å². The number of nitrogens with zero attached hydrogens (tertiary/aromatic N) is 3. The van der Waals surface area contributed by atoms with Crippen molar-refractivity contribution in [3.05, 3.63) is 223 Å². The van der Waals surface area contributed by atoms with Gasteiger partial charge in [-0.25, -0.2) is 0 Å². The first-order valence-electron chi connectivity index (χ1n) is 20.7. The van der Waals surface area contributed by atoms with E-state index in [4.69, 9.17) is 9.47 Å². The van der Waals surface area contributed by atoms with Gasteiger partial charge < -0.3 is 23.8 Å². The molecule has 0 amide bonds. The lowest BCUT2D eigenvalue weighted by molar-refractivity contribution is 0.428. The van der Waals surface area contributed by atoms with Gasteiger partial charge in [-0.1, -0.05) is 115 Å². The van der Waals surface area contributed by atoms with Crippen LogP contribution in [0.15, 0.2) is 223 Å². The summed E-state index contributed by atoms with van der Waals surface area (Å²) in [7, 11) is 0. The fraction of sp³-hybridized carbons (Fsp3) is 0.0370. The van der Waals surface area contributed by atoms with Crippen LogP contribution in [0.25, 0.3) is 27.5 Å². The zero-order valence-corrected chi connectivity index (χ0v) is 32.8. The van der Waals surface area contributed by atoms with E-state index in [1.165, 1.54) is 11.2 Å². The number of ether oxygens (including phenoxy) is 2. The SMILES string of the molecule is C1=C(N(c2ccccc2)c2ccccc2)CCC2=C1Oc1cc3c(c4c1B2c1ccc(N(c2ccccc2)c2ccccc2)cc1O4)c1ccccc1n3-c1ccccc1. The van der Waals surface area contributed by atoms with Crippen LogP contribution in [0, 0.1) is 0 Å². The molecule has 8 aromatic carbocycles. The van der Waals surface area contributed by atoms with Crippen molar-refractivity contribution in [3.8, 4) is 22.9 Å². The van der Waals surface area contributed by atoms with E-state index in [9.17, 15) is 0 Å². The molecule has 0 spiro atoms. The van der Waals surface area contributed by atoms with Crippen LogP contribution in [0.3, 0.4) is 0 Å². The molecule has 0 unspecified atom stereocenters. The number of fused-ring (bicyclic) bond motifs is 7. The summed E-state index contributed by atoms with van der Waals surface area (Å²) in [4.78, 5) is 4.68. The lowest BCUT2D eigenvalue weighted by Crippen LogP contribution is -2.52.